The zero-order valence-electron chi connectivity index (χ0n) is 10.7. The van der Waals surface area contributed by atoms with Crippen LogP contribution in [0.5, 0.6) is 0 Å². The van der Waals surface area contributed by atoms with Crippen molar-refractivity contribution in [1.82, 2.24) is 5.32 Å². The summed E-state index contributed by atoms with van der Waals surface area (Å²) in [5.74, 6) is 0.0129. The van der Waals surface area contributed by atoms with Crippen molar-refractivity contribution in [2.75, 3.05) is 0 Å². The lowest BCUT2D eigenvalue weighted by molar-refractivity contribution is -0.123. The minimum atomic E-state index is -0.0613. The summed E-state index contributed by atoms with van der Waals surface area (Å²) in [6.07, 6.45) is 5.53. The topological polar surface area (TPSA) is 55.1 Å². The lowest BCUT2D eigenvalue weighted by Crippen LogP contribution is -2.30. The van der Waals surface area contributed by atoms with Crippen molar-refractivity contribution in [1.29, 1.82) is 0 Å². The van der Waals surface area contributed by atoms with Crippen LogP contribution in [0.3, 0.4) is 0 Å². The van der Waals surface area contributed by atoms with Crippen molar-refractivity contribution >= 4 is 5.91 Å². The van der Waals surface area contributed by atoms with Crippen molar-refractivity contribution in [2.24, 2.45) is 11.7 Å². The molecule has 0 saturated carbocycles. The van der Waals surface area contributed by atoms with Crippen molar-refractivity contribution in [3.63, 3.8) is 0 Å². The predicted octanol–water partition coefficient (Wildman–Crippen LogP) is 1.77. The number of nitrogens with two attached hydrogens (primary N) is 1. The van der Waals surface area contributed by atoms with E-state index in [-0.39, 0.29) is 17.9 Å². The van der Waals surface area contributed by atoms with E-state index in [1.807, 2.05) is 24.3 Å². The van der Waals surface area contributed by atoms with Crippen LogP contribution in [-0.2, 0) is 17.8 Å². The van der Waals surface area contributed by atoms with Crippen molar-refractivity contribution in [2.45, 2.75) is 32.4 Å². The van der Waals surface area contributed by atoms with Gasteiger partial charge in [-0.25, -0.2) is 0 Å². The Bertz CT molecular complexity index is 454. The van der Waals surface area contributed by atoms with Crippen LogP contribution >= 0.6 is 0 Å². The molecule has 18 heavy (non-hydrogen) atoms. The maximum Gasteiger partial charge on any atom is 0.227 e. The van der Waals surface area contributed by atoms with Crippen LogP contribution in [-0.4, -0.2) is 11.9 Å². The Morgan fingerprint density at radius 2 is 2.06 bits per heavy atom. The van der Waals surface area contributed by atoms with E-state index in [1.54, 1.807) is 0 Å². The van der Waals surface area contributed by atoms with E-state index in [2.05, 4.69) is 24.4 Å². The highest BCUT2D eigenvalue weighted by atomic mass is 16.1. The van der Waals surface area contributed by atoms with E-state index in [0.717, 1.165) is 12.8 Å². The molecule has 2 unspecified atom stereocenters. The third kappa shape index (κ3) is 2.99. The number of carbonyl (C=O) groups is 1. The van der Waals surface area contributed by atoms with Crippen LogP contribution in [0.15, 0.2) is 36.4 Å². The Kier molecular flexibility index (Phi) is 4.15. The number of amides is 1. The highest BCUT2D eigenvalue weighted by Gasteiger charge is 2.22. The summed E-state index contributed by atoms with van der Waals surface area (Å²) in [6.45, 7) is 2.72. The van der Waals surface area contributed by atoms with Gasteiger partial charge in [-0.05, 0) is 24.0 Å². The van der Waals surface area contributed by atoms with Gasteiger partial charge in [-0.3, -0.25) is 4.79 Å². The number of rotatable bonds is 4. The lowest BCUT2D eigenvalue weighted by atomic mass is 10.0. The quantitative estimate of drug-likeness (QED) is 0.793. The van der Waals surface area contributed by atoms with Crippen molar-refractivity contribution in [3.8, 4) is 0 Å². The first-order valence-corrected chi connectivity index (χ1v) is 6.49. The Hall–Kier alpha value is -1.61. The Balaban J connectivity index is 1.91. The molecule has 2 rings (SSSR count). The maximum absolute atomic E-state index is 11.9. The molecule has 0 heterocycles. The molecule has 0 spiro atoms. The number of hydrogen-bond acceptors (Lipinski definition) is 2. The molecule has 1 aromatic carbocycles. The third-order valence-electron chi connectivity index (χ3n) is 3.41. The maximum atomic E-state index is 11.9. The molecule has 2 atom stereocenters. The smallest absolute Gasteiger partial charge is 0.227 e. The van der Waals surface area contributed by atoms with Crippen LogP contribution in [0.2, 0.25) is 0 Å². The van der Waals surface area contributed by atoms with Gasteiger partial charge in [0, 0.05) is 12.6 Å². The molecule has 0 bridgehead atoms. The average Bonchev–Trinajstić information content (AvgIpc) is 2.83. The largest absolute Gasteiger partial charge is 0.352 e. The molecule has 1 aliphatic rings. The molecule has 0 fully saturated rings. The van der Waals surface area contributed by atoms with Crippen LogP contribution < -0.4 is 11.1 Å². The molecule has 3 heteroatoms. The zero-order chi connectivity index (χ0) is 13.0. The molecule has 0 radical (unpaired) electrons. The van der Waals surface area contributed by atoms with Crippen LogP contribution in [0.1, 0.15) is 24.5 Å². The molecular formula is C15H20N2O. The summed E-state index contributed by atoms with van der Waals surface area (Å²) in [6, 6.07) is 8.24. The summed E-state index contributed by atoms with van der Waals surface area (Å²) < 4.78 is 0. The van der Waals surface area contributed by atoms with Crippen LogP contribution in [0, 0.1) is 5.92 Å². The van der Waals surface area contributed by atoms with Gasteiger partial charge in [0.2, 0.25) is 5.91 Å². The first-order chi connectivity index (χ1) is 8.70. The van der Waals surface area contributed by atoms with E-state index < -0.39 is 0 Å². The second kappa shape index (κ2) is 5.83. The Labute approximate surface area is 108 Å². The highest BCUT2D eigenvalue weighted by Crippen LogP contribution is 2.17. The number of hydrogen-bond donors (Lipinski definition) is 2. The molecular weight excluding hydrogens is 224 g/mol. The lowest BCUT2D eigenvalue weighted by Gasteiger charge is -2.12. The van der Waals surface area contributed by atoms with Crippen molar-refractivity contribution < 1.29 is 4.79 Å². The molecule has 3 nitrogen and oxygen atoms in total. The van der Waals surface area contributed by atoms with Gasteiger partial charge in [-0.2, -0.15) is 0 Å². The molecule has 0 aromatic heterocycles. The minimum Gasteiger partial charge on any atom is -0.352 e. The third-order valence-corrected chi connectivity index (χ3v) is 3.41. The van der Waals surface area contributed by atoms with E-state index in [4.69, 9.17) is 5.73 Å². The summed E-state index contributed by atoms with van der Waals surface area (Å²) in [4.78, 5) is 11.9. The van der Waals surface area contributed by atoms with Crippen LogP contribution in [0.25, 0.3) is 0 Å². The minimum absolute atomic E-state index is 0.0312. The van der Waals surface area contributed by atoms with Gasteiger partial charge >= 0.3 is 0 Å². The molecule has 0 aliphatic heterocycles. The van der Waals surface area contributed by atoms with Gasteiger partial charge in [-0.1, -0.05) is 43.3 Å². The zero-order valence-corrected chi connectivity index (χ0v) is 10.7. The molecule has 1 amide bonds. The summed E-state index contributed by atoms with van der Waals surface area (Å²) in [7, 11) is 0. The second-order valence-corrected chi connectivity index (χ2v) is 4.73. The van der Waals surface area contributed by atoms with Crippen LogP contribution in [0.4, 0.5) is 0 Å². The molecule has 0 saturated heterocycles. The fourth-order valence-electron chi connectivity index (χ4n) is 2.31. The van der Waals surface area contributed by atoms with E-state index in [9.17, 15) is 4.79 Å². The standard InChI is InChI=1S/C15H20N2O/c1-2-11-5-3-4-6-13(11)10-17-15(18)12-7-8-14(16)9-12/h3-8,12,14H,2,9-10,16H2,1H3,(H,17,18). The van der Waals surface area contributed by atoms with Gasteiger partial charge in [0.05, 0.1) is 5.92 Å². The Morgan fingerprint density at radius 1 is 1.33 bits per heavy atom. The van der Waals surface area contributed by atoms with Crippen molar-refractivity contribution in [3.05, 3.63) is 47.5 Å². The van der Waals surface area contributed by atoms with Gasteiger partial charge in [0.1, 0.15) is 0 Å². The molecule has 3 N–H and O–H groups in total. The fourth-order valence-corrected chi connectivity index (χ4v) is 2.31. The number of benzene rings is 1. The summed E-state index contributed by atoms with van der Waals surface area (Å²) in [5, 5.41) is 2.99. The molecule has 96 valence electrons. The van der Waals surface area contributed by atoms with Gasteiger partial charge in [-0.15, -0.1) is 0 Å². The Morgan fingerprint density at radius 3 is 2.67 bits per heavy atom. The number of carbonyl (C=O) groups excluding carboxylic acids is 1. The summed E-state index contributed by atoms with van der Waals surface area (Å²) >= 11 is 0. The van der Waals surface area contributed by atoms with E-state index >= 15 is 0 Å². The van der Waals surface area contributed by atoms with E-state index in [0.29, 0.717) is 6.54 Å². The number of aryl methyl sites for hydroxylation is 1. The average molecular weight is 244 g/mol. The second-order valence-electron chi connectivity index (χ2n) is 4.73. The van der Waals surface area contributed by atoms with Gasteiger partial charge < -0.3 is 11.1 Å². The SMILES string of the molecule is CCc1ccccc1CNC(=O)C1C=CC(N)C1. The van der Waals surface area contributed by atoms with Gasteiger partial charge in [0.25, 0.3) is 0 Å². The predicted molar refractivity (Wildman–Crippen MR) is 72.9 cm³/mol. The first-order valence-electron chi connectivity index (χ1n) is 6.49. The number of nitrogens with one attached hydrogen (secondary N) is 1. The van der Waals surface area contributed by atoms with E-state index in [1.165, 1.54) is 11.1 Å². The monoisotopic (exact) mass is 244 g/mol. The summed E-state index contributed by atoms with van der Waals surface area (Å²) in [5.41, 5.74) is 8.23. The fraction of sp³-hybridized carbons (Fsp3) is 0.400. The first kappa shape index (κ1) is 12.8. The highest BCUT2D eigenvalue weighted by molar-refractivity contribution is 5.81. The molecule has 1 aliphatic carbocycles. The molecule has 1 aromatic rings. The van der Waals surface area contributed by atoms with Gasteiger partial charge in [0.15, 0.2) is 0 Å². The normalized spacial score (nSPS) is 22.1.